The molecule has 0 heterocycles. The Hall–Kier alpha value is -1.22. The molecule has 1 aromatic rings. The van der Waals surface area contributed by atoms with Gasteiger partial charge in [-0.25, -0.2) is 0 Å². The van der Waals surface area contributed by atoms with Gasteiger partial charge in [0.1, 0.15) is 11.5 Å². The second kappa shape index (κ2) is 6.50. The van der Waals surface area contributed by atoms with Gasteiger partial charge in [0.05, 0.1) is 14.2 Å². The molecule has 17 heavy (non-hydrogen) atoms. The van der Waals surface area contributed by atoms with Gasteiger partial charge >= 0.3 is 0 Å². The Morgan fingerprint density at radius 3 is 2.41 bits per heavy atom. The summed E-state index contributed by atoms with van der Waals surface area (Å²) in [4.78, 5) is 0. The van der Waals surface area contributed by atoms with E-state index in [1.165, 1.54) is 0 Å². The minimum absolute atomic E-state index is 0.282. The Labute approximate surface area is 104 Å². The zero-order valence-corrected chi connectivity index (χ0v) is 11.4. The summed E-state index contributed by atoms with van der Waals surface area (Å²) in [6, 6.07) is 6.21. The fraction of sp³-hybridized carbons (Fsp3) is 0.571. The van der Waals surface area contributed by atoms with Crippen LogP contribution in [-0.4, -0.2) is 21.3 Å². The van der Waals surface area contributed by atoms with E-state index in [9.17, 15) is 0 Å². The van der Waals surface area contributed by atoms with Gasteiger partial charge in [-0.3, -0.25) is 0 Å². The molecule has 0 aliphatic rings. The van der Waals surface area contributed by atoms with Crippen LogP contribution >= 0.6 is 0 Å². The first-order valence-electron chi connectivity index (χ1n) is 6.07. The van der Waals surface area contributed by atoms with E-state index in [0.717, 1.165) is 23.5 Å². The molecule has 0 radical (unpaired) electrons. The molecule has 0 spiro atoms. The predicted molar refractivity (Wildman–Crippen MR) is 70.8 cm³/mol. The number of nitrogens with one attached hydrogen (secondary N) is 1. The normalized spacial score (nSPS) is 14.2. The van der Waals surface area contributed by atoms with E-state index >= 15 is 0 Å². The average Bonchev–Trinajstić information content (AvgIpc) is 2.39. The van der Waals surface area contributed by atoms with Crippen LogP contribution in [0.25, 0.3) is 0 Å². The summed E-state index contributed by atoms with van der Waals surface area (Å²) < 4.78 is 10.7. The third kappa shape index (κ3) is 3.13. The van der Waals surface area contributed by atoms with Crippen molar-refractivity contribution >= 4 is 0 Å². The predicted octanol–water partition coefficient (Wildman–Crippen LogP) is 3.01. The quantitative estimate of drug-likeness (QED) is 0.825. The SMILES string of the molecule is CCC(C)C(NC)c1cc(OC)ccc1OC. The van der Waals surface area contributed by atoms with Gasteiger partial charge < -0.3 is 14.8 Å². The Kier molecular flexibility index (Phi) is 5.29. The third-order valence-electron chi connectivity index (χ3n) is 3.30. The summed E-state index contributed by atoms with van der Waals surface area (Å²) in [5.41, 5.74) is 1.16. The summed E-state index contributed by atoms with van der Waals surface area (Å²) in [5, 5.41) is 3.36. The molecule has 2 unspecified atom stereocenters. The maximum Gasteiger partial charge on any atom is 0.123 e. The Bertz CT molecular complexity index is 352. The standard InChI is InChI=1S/C14H23NO2/c1-6-10(2)14(15-3)12-9-11(16-4)7-8-13(12)17-5/h7-10,14-15H,6H2,1-5H3. The molecule has 3 nitrogen and oxygen atoms in total. The fourth-order valence-corrected chi connectivity index (χ4v) is 2.06. The molecule has 0 bridgehead atoms. The van der Waals surface area contributed by atoms with E-state index in [0.29, 0.717) is 5.92 Å². The molecule has 0 aliphatic carbocycles. The molecular weight excluding hydrogens is 214 g/mol. The van der Waals surface area contributed by atoms with Crippen molar-refractivity contribution in [1.82, 2.24) is 5.32 Å². The van der Waals surface area contributed by atoms with E-state index in [1.54, 1.807) is 14.2 Å². The van der Waals surface area contributed by atoms with E-state index in [-0.39, 0.29) is 6.04 Å². The van der Waals surface area contributed by atoms with Crippen molar-refractivity contribution in [1.29, 1.82) is 0 Å². The molecule has 3 heteroatoms. The lowest BCUT2D eigenvalue weighted by atomic mass is 9.92. The Morgan fingerprint density at radius 1 is 1.24 bits per heavy atom. The van der Waals surface area contributed by atoms with Gasteiger partial charge in [-0.1, -0.05) is 20.3 Å². The van der Waals surface area contributed by atoms with Crippen LogP contribution in [-0.2, 0) is 0 Å². The second-order valence-electron chi connectivity index (χ2n) is 4.26. The molecule has 2 atom stereocenters. The van der Waals surface area contributed by atoms with Crippen LogP contribution in [0.4, 0.5) is 0 Å². The number of methoxy groups -OCH3 is 2. The number of benzene rings is 1. The molecule has 1 aromatic carbocycles. The number of ether oxygens (including phenoxy) is 2. The molecule has 1 rings (SSSR count). The summed E-state index contributed by atoms with van der Waals surface area (Å²) in [6.45, 7) is 4.43. The lowest BCUT2D eigenvalue weighted by Gasteiger charge is -2.25. The summed E-state index contributed by atoms with van der Waals surface area (Å²) >= 11 is 0. The lowest BCUT2D eigenvalue weighted by molar-refractivity contribution is 0.360. The second-order valence-corrected chi connectivity index (χ2v) is 4.26. The van der Waals surface area contributed by atoms with Crippen molar-refractivity contribution < 1.29 is 9.47 Å². The van der Waals surface area contributed by atoms with E-state index in [4.69, 9.17) is 9.47 Å². The van der Waals surface area contributed by atoms with Crippen LogP contribution in [0.2, 0.25) is 0 Å². The molecule has 0 aromatic heterocycles. The zero-order chi connectivity index (χ0) is 12.8. The minimum atomic E-state index is 0.282. The van der Waals surface area contributed by atoms with Gasteiger partial charge in [0.25, 0.3) is 0 Å². The van der Waals surface area contributed by atoms with Gasteiger partial charge in [0, 0.05) is 11.6 Å². The van der Waals surface area contributed by atoms with Crippen LogP contribution in [0.1, 0.15) is 31.9 Å². The van der Waals surface area contributed by atoms with Gasteiger partial charge in [-0.05, 0) is 31.2 Å². The highest BCUT2D eigenvalue weighted by Gasteiger charge is 2.20. The molecule has 0 fully saturated rings. The van der Waals surface area contributed by atoms with E-state index in [1.807, 2.05) is 25.2 Å². The van der Waals surface area contributed by atoms with Crippen molar-refractivity contribution in [2.24, 2.45) is 5.92 Å². The number of hydrogen-bond acceptors (Lipinski definition) is 3. The first-order chi connectivity index (χ1) is 8.17. The molecule has 0 amide bonds. The molecule has 0 saturated carbocycles. The summed E-state index contributed by atoms with van der Waals surface area (Å²) in [5.74, 6) is 2.32. The molecule has 0 saturated heterocycles. The maximum atomic E-state index is 5.43. The van der Waals surface area contributed by atoms with Crippen LogP contribution in [0.5, 0.6) is 11.5 Å². The van der Waals surface area contributed by atoms with Crippen molar-refractivity contribution in [3.63, 3.8) is 0 Å². The van der Waals surface area contributed by atoms with Crippen LogP contribution < -0.4 is 14.8 Å². The largest absolute Gasteiger partial charge is 0.497 e. The smallest absolute Gasteiger partial charge is 0.123 e. The summed E-state index contributed by atoms with van der Waals surface area (Å²) in [7, 11) is 5.37. The highest BCUT2D eigenvalue weighted by molar-refractivity contribution is 5.42. The zero-order valence-electron chi connectivity index (χ0n) is 11.4. The Balaban J connectivity index is 3.14. The van der Waals surface area contributed by atoms with Gasteiger partial charge in [0.15, 0.2) is 0 Å². The average molecular weight is 237 g/mol. The number of rotatable bonds is 6. The third-order valence-corrected chi connectivity index (χ3v) is 3.30. The Morgan fingerprint density at radius 2 is 1.94 bits per heavy atom. The van der Waals surface area contributed by atoms with Crippen molar-refractivity contribution in [3.05, 3.63) is 23.8 Å². The highest BCUT2D eigenvalue weighted by atomic mass is 16.5. The number of hydrogen-bond donors (Lipinski definition) is 1. The van der Waals surface area contributed by atoms with Crippen LogP contribution in [0, 0.1) is 5.92 Å². The monoisotopic (exact) mass is 237 g/mol. The lowest BCUT2D eigenvalue weighted by Crippen LogP contribution is -2.23. The first-order valence-corrected chi connectivity index (χ1v) is 6.07. The van der Waals surface area contributed by atoms with E-state index < -0.39 is 0 Å². The van der Waals surface area contributed by atoms with Gasteiger partial charge in [-0.15, -0.1) is 0 Å². The molecule has 96 valence electrons. The van der Waals surface area contributed by atoms with Gasteiger partial charge in [-0.2, -0.15) is 0 Å². The topological polar surface area (TPSA) is 30.5 Å². The van der Waals surface area contributed by atoms with Crippen molar-refractivity contribution in [3.8, 4) is 11.5 Å². The van der Waals surface area contributed by atoms with E-state index in [2.05, 4.69) is 19.2 Å². The van der Waals surface area contributed by atoms with Crippen molar-refractivity contribution in [2.45, 2.75) is 26.3 Å². The minimum Gasteiger partial charge on any atom is -0.497 e. The molecule has 0 aliphatic heterocycles. The summed E-state index contributed by atoms with van der Waals surface area (Å²) in [6.07, 6.45) is 1.12. The first kappa shape index (κ1) is 13.8. The van der Waals surface area contributed by atoms with Gasteiger partial charge in [0.2, 0.25) is 0 Å². The highest BCUT2D eigenvalue weighted by Crippen LogP contribution is 2.33. The maximum absolute atomic E-state index is 5.43. The van der Waals surface area contributed by atoms with Crippen LogP contribution in [0.15, 0.2) is 18.2 Å². The van der Waals surface area contributed by atoms with Crippen LogP contribution in [0.3, 0.4) is 0 Å². The molecular formula is C14H23NO2. The fourth-order valence-electron chi connectivity index (χ4n) is 2.06. The van der Waals surface area contributed by atoms with Crippen molar-refractivity contribution in [2.75, 3.05) is 21.3 Å². The molecule has 1 N–H and O–H groups in total.